The van der Waals surface area contributed by atoms with Gasteiger partial charge < -0.3 is 10.4 Å². The fourth-order valence-electron chi connectivity index (χ4n) is 3.61. The van der Waals surface area contributed by atoms with Gasteiger partial charge in [0.25, 0.3) is 0 Å². The maximum atomic E-state index is 13.1. The van der Waals surface area contributed by atoms with Crippen LogP contribution in [0.15, 0.2) is 24.3 Å². The highest BCUT2D eigenvalue weighted by Gasteiger charge is 2.38. The molecule has 2 rings (SSSR count). The fourth-order valence-corrected chi connectivity index (χ4v) is 3.61. The summed E-state index contributed by atoms with van der Waals surface area (Å²) in [6, 6.07) is 5.22. The number of carbonyl (C=O) groups is 2. The zero-order chi connectivity index (χ0) is 18.7. The van der Waals surface area contributed by atoms with Gasteiger partial charge in [-0.2, -0.15) is 13.2 Å². The first-order valence-electron chi connectivity index (χ1n) is 8.32. The van der Waals surface area contributed by atoms with Crippen LogP contribution >= 0.6 is 0 Å². The molecule has 1 aliphatic carbocycles. The lowest BCUT2D eigenvalue weighted by molar-refractivity contribution is -0.140. The molecule has 0 saturated heterocycles. The molecule has 0 radical (unpaired) electrons. The Balaban J connectivity index is 2.09. The summed E-state index contributed by atoms with van der Waals surface area (Å²) in [5, 5.41) is 11.8. The first kappa shape index (κ1) is 19.3. The molecule has 1 aliphatic rings. The summed E-state index contributed by atoms with van der Waals surface area (Å²) in [6.07, 6.45) is -1.92. The molecule has 0 spiro atoms. The maximum Gasteiger partial charge on any atom is 0.416 e. The Morgan fingerprint density at radius 3 is 2.40 bits per heavy atom. The Morgan fingerprint density at radius 2 is 1.84 bits per heavy atom. The zero-order valence-electron chi connectivity index (χ0n) is 14.0. The molecule has 0 heterocycles. The van der Waals surface area contributed by atoms with E-state index in [1.54, 1.807) is 6.92 Å². The second-order valence-corrected chi connectivity index (χ2v) is 6.80. The minimum atomic E-state index is -4.47. The molecule has 0 aromatic heterocycles. The Kier molecular flexibility index (Phi) is 5.75. The monoisotopic (exact) mass is 357 g/mol. The third-order valence-corrected chi connectivity index (χ3v) is 4.74. The van der Waals surface area contributed by atoms with Crippen molar-refractivity contribution in [2.45, 2.75) is 63.1 Å². The van der Waals surface area contributed by atoms with E-state index in [0.29, 0.717) is 12.8 Å². The van der Waals surface area contributed by atoms with E-state index < -0.39 is 35.1 Å². The van der Waals surface area contributed by atoms with E-state index in [2.05, 4.69) is 5.32 Å². The van der Waals surface area contributed by atoms with Crippen LogP contribution in [0.5, 0.6) is 0 Å². The first-order valence-corrected chi connectivity index (χ1v) is 8.32. The van der Waals surface area contributed by atoms with Crippen LogP contribution in [0.1, 0.15) is 62.5 Å². The van der Waals surface area contributed by atoms with Crippen LogP contribution in [0.2, 0.25) is 0 Å². The molecule has 1 amide bonds. The van der Waals surface area contributed by atoms with Gasteiger partial charge in [-0.3, -0.25) is 9.59 Å². The van der Waals surface area contributed by atoms with Crippen molar-refractivity contribution >= 4 is 11.9 Å². The van der Waals surface area contributed by atoms with Crippen LogP contribution < -0.4 is 5.32 Å². The first-order chi connectivity index (χ1) is 11.6. The number of carboxylic acids is 1. The van der Waals surface area contributed by atoms with Gasteiger partial charge in [-0.25, -0.2) is 0 Å². The smallest absolute Gasteiger partial charge is 0.416 e. The molecule has 1 saturated carbocycles. The number of carbonyl (C=O) groups excluding carboxylic acids is 1. The summed E-state index contributed by atoms with van der Waals surface area (Å²) in [6.45, 7) is 1.57. The van der Waals surface area contributed by atoms with Gasteiger partial charge in [-0.05, 0) is 30.4 Å². The number of carboxylic acid groups (broad SMARTS) is 1. The van der Waals surface area contributed by atoms with Crippen LogP contribution in [-0.2, 0) is 15.8 Å². The molecule has 1 fully saturated rings. The van der Waals surface area contributed by atoms with E-state index in [1.165, 1.54) is 18.2 Å². The van der Waals surface area contributed by atoms with Crippen molar-refractivity contribution in [3.8, 4) is 0 Å². The van der Waals surface area contributed by atoms with Crippen molar-refractivity contribution in [2.75, 3.05) is 0 Å². The van der Waals surface area contributed by atoms with E-state index in [1.807, 2.05) is 0 Å². The maximum absolute atomic E-state index is 13.1. The molecule has 0 bridgehead atoms. The Hall–Kier alpha value is -2.05. The molecule has 25 heavy (non-hydrogen) atoms. The molecular weight excluding hydrogens is 335 g/mol. The van der Waals surface area contributed by atoms with Gasteiger partial charge in [-0.1, -0.05) is 38.0 Å². The standard InChI is InChI=1S/C18H22F3NO3/c1-12(13-6-2-3-7-14(13)18(19,20)21)10-15(23)22-17(11-16(24)25)8-4-5-9-17/h2-3,6-7,12H,4-5,8-11H2,1H3,(H,22,23)(H,24,25). The van der Waals surface area contributed by atoms with Crippen molar-refractivity contribution in [2.24, 2.45) is 0 Å². The van der Waals surface area contributed by atoms with Gasteiger partial charge in [0, 0.05) is 6.42 Å². The van der Waals surface area contributed by atoms with E-state index in [0.717, 1.165) is 18.9 Å². The summed E-state index contributed by atoms with van der Waals surface area (Å²) in [4.78, 5) is 23.4. The van der Waals surface area contributed by atoms with Crippen molar-refractivity contribution in [1.29, 1.82) is 0 Å². The van der Waals surface area contributed by atoms with Gasteiger partial charge in [0.15, 0.2) is 0 Å². The molecule has 0 aliphatic heterocycles. The lowest BCUT2D eigenvalue weighted by Crippen LogP contribution is -2.48. The largest absolute Gasteiger partial charge is 0.481 e. The molecule has 4 nitrogen and oxygen atoms in total. The van der Waals surface area contributed by atoms with Crippen molar-refractivity contribution in [3.63, 3.8) is 0 Å². The van der Waals surface area contributed by atoms with Gasteiger partial charge in [0.05, 0.1) is 17.5 Å². The summed E-state index contributed by atoms with van der Waals surface area (Å²) < 4.78 is 39.3. The highest BCUT2D eigenvalue weighted by molar-refractivity contribution is 5.79. The second kappa shape index (κ2) is 7.45. The molecular formula is C18H22F3NO3. The Morgan fingerprint density at radius 1 is 1.24 bits per heavy atom. The predicted molar refractivity (Wildman–Crippen MR) is 86.1 cm³/mol. The topological polar surface area (TPSA) is 66.4 Å². The summed E-state index contributed by atoms with van der Waals surface area (Å²) in [7, 11) is 0. The van der Waals surface area contributed by atoms with Gasteiger partial charge in [0.1, 0.15) is 0 Å². The lowest BCUT2D eigenvalue weighted by atomic mass is 9.90. The minimum absolute atomic E-state index is 0.0730. The quantitative estimate of drug-likeness (QED) is 0.805. The number of benzene rings is 1. The minimum Gasteiger partial charge on any atom is -0.481 e. The van der Waals surface area contributed by atoms with Crippen LogP contribution in [0.3, 0.4) is 0 Å². The highest BCUT2D eigenvalue weighted by atomic mass is 19.4. The Bertz CT molecular complexity index is 637. The lowest BCUT2D eigenvalue weighted by Gasteiger charge is -2.29. The third kappa shape index (κ3) is 4.96. The molecule has 7 heteroatoms. The fraction of sp³-hybridized carbons (Fsp3) is 0.556. The molecule has 1 unspecified atom stereocenters. The second-order valence-electron chi connectivity index (χ2n) is 6.80. The number of rotatable bonds is 6. The van der Waals surface area contributed by atoms with Crippen molar-refractivity contribution < 1.29 is 27.9 Å². The Labute approximate surface area is 144 Å². The van der Waals surface area contributed by atoms with Gasteiger partial charge in [-0.15, -0.1) is 0 Å². The molecule has 138 valence electrons. The number of aliphatic carboxylic acids is 1. The number of alkyl halides is 3. The number of amides is 1. The van der Waals surface area contributed by atoms with E-state index in [9.17, 15) is 22.8 Å². The highest BCUT2D eigenvalue weighted by Crippen LogP contribution is 2.37. The molecule has 1 atom stereocenters. The van der Waals surface area contributed by atoms with Crippen LogP contribution in [0.25, 0.3) is 0 Å². The van der Waals surface area contributed by atoms with Crippen LogP contribution in [-0.4, -0.2) is 22.5 Å². The van der Waals surface area contributed by atoms with Crippen LogP contribution in [0.4, 0.5) is 13.2 Å². The van der Waals surface area contributed by atoms with Crippen LogP contribution in [0, 0.1) is 0 Å². The summed E-state index contributed by atoms with van der Waals surface area (Å²) in [5.41, 5.74) is -1.44. The van der Waals surface area contributed by atoms with Gasteiger partial charge >= 0.3 is 12.1 Å². The normalized spacial score (nSPS) is 17.9. The van der Waals surface area contributed by atoms with Crippen molar-refractivity contribution in [1.82, 2.24) is 5.32 Å². The average Bonchev–Trinajstić information content (AvgIpc) is 2.93. The van der Waals surface area contributed by atoms with Crippen molar-refractivity contribution in [3.05, 3.63) is 35.4 Å². The number of hydrogen-bond donors (Lipinski definition) is 2. The summed E-state index contributed by atoms with van der Waals surface area (Å²) >= 11 is 0. The van der Waals surface area contributed by atoms with E-state index >= 15 is 0 Å². The number of halogens is 3. The molecule has 1 aromatic carbocycles. The molecule has 2 N–H and O–H groups in total. The predicted octanol–water partition coefficient (Wildman–Crippen LogP) is 4.10. The third-order valence-electron chi connectivity index (χ3n) is 4.74. The SMILES string of the molecule is CC(CC(=O)NC1(CC(=O)O)CCCC1)c1ccccc1C(F)(F)F. The average molecular weight is 357 g/mol. The zero-order valence-corrected chi connectivity index (χ0v) is 14.0. The molecule has 1 aromatic rings. The number of nitrogens with one attached hydrogen (secondary N) is 1. The summed E-state index contributed by atoms with van der Waals surface area (Å²) in [5.74, 6) is -2.02. The van der Waals surface area contributed by atoms with Gasteiger partial charge in [0.2, 0.25) is 5.91 Å². The number of hydrogen-bond acceptors (Lipinski definition) is 2. The van der Waals surface area contributed by atoms with E-state index in [4.69, 9.17) is 5.11 Å². The van der Waals surface area contributed by atoms with E-state index in [-0.39, 0.29) is 18.4 Å².